The Bertz CT molecular complexity index is 337. The van der Waals surface area contributed by atoms with Crippen molar-refractivity contribution in [2.24, 2.45) is 0 Å². The maximum atomic E-state index is 5.79. The number of nitrogens with two attached hydrogens (primary N) is 1. The van der Waals surface area contributed by atoms with Gasteiger partial charge in [-0.25, -0.2) is 4.98 Å². The number of pyridine rings is 1. The highest BCUT2D eigenvalue weighted by Gasteiger charge is 2.16. The molecule has 4 heteroatoms. The summed E-state index contributed by atoms with van der Waals surface area (Å²) in [5.41, 5.74) is 7.18. The standard InChI is InChI=1S/C11H19N3O/c1-8-5-6-9(12)10(14-8)13-7-11(2,3)15-4/h5-6H,7,12H2,1-4H3,(H,13,14). The van der Waals surface area contributed by atoms with Crippen molar-refractivity contribution in [3.8, 4) is 0 Å². The van der Waals surface area contributed by atoms with E-state index < -0.39 is 0 Å². The Kier molecular flexibility index (Phi) is 3.52. The average Bonchev–Trinajstić information content (AvgIpc) is 2.20. The third-order valence-electron chi connectivity index (χ3n) is 2.30. The number of aromatic nitrogens is 1. The Morgan fingerprint density at radius 2 is 2.13 bits per heavy atom. The number of methoxy groups -OCH3 is 1. The molecular formula is C11H19N3O. The molecule has 1 aromatic heterocycles. The first-order chi connectivity index (χ1) is 6.94. The minimum atomic E-state index is -0.224. The minimum Gasteiger partial charge on any atom is -0.396 e. The summed E-state index contributed by atoms with van der Waals surface area (Å²) in [4.78, 5) is 4.32. The van der Waals surface area contributed by atoms with Crippen LogP contribution in [0.1, 0.15) is 19.5 Å². The van der Waals surface area contributed by atoms with Crippen LogP contribution in [0.5, 0.6) is 0 Å². The van der Waals surface area contributed by atoms with E-state index >= 15 is 0 Å². The van der Waals surface area contributed by atoms with Gasteiger partial charge in [0.1, 0.15) is 5.82 Å². The Labute approximate surface area is 90.8 Å². The number of rotatable bonds is 4. The molecule has 0 amide bonds. The van der Waals surface area contributed by atoms with Gasteiger partial charge in [0.15, 0.2) is 0 Å². The fourth-order valence-corrected chi connectivity index (χ4v) is 1.08. The Balaban J connectivity index is 2.69. The van der Waals surface area contributed by atoms with Crippen LogP contribution in [0.15, 0.2) is 12.1 Å². The molecule has 0 unspecified atom stereocenters. The molecule has 1 rings (SSSR count). The first-order valence-corrected chi connectivity index (χ1v) is 4.97. The molecule has 0 fully saturated rings. The first-order valence-electron chi connectivity index (χ1n) is 4.97. The summed E-state index contributed by atoms with van der Waals surface area (Å²) in [7, 11) is 1.69. The summed E-state index contributed by atoms with van der Waals surface area (Å²) in [5.74, 6) is 0.722. The molecule has 0 spiro atoms. The lowest BCUT2D eigenvalue weighted by molar-refractivity contribution is 0.0343. The maximum absolute atomic E-state index is 5.79. The van der Waals surface area contributed by atoms with Crippen LogP contribution in [0.3, 0.4) is 0 Å². The van der Waals surface area contributed by atoms with Crippen molar-refractivity contribution in [1.29, 1.82) is 0 Å². The van der Waals surface area contributed by atoms with Crippen LogP contribution in [0.25, 0.3) is 0 Å². The number of hydrogen-bond donors (Lipinski definition) is 2. The zero-order chi connectivity index (χ0) is 11.5. The molecule has 0 aromatic carbocycles. The molecule has 1 aromatic rings. The van der Waals surface area contributed by atoms with E-state index in [1.165, 1.54) is 0 Å². The Hall–Kier alpha value is -1.29. The molecule has 84 valence electrons. The smallest absolute Gasteiger partial charge is 0.149 e. The van der Waals surface area contributed by atoms with E-state index in [0.717, 1.165) is 11.5 Å². The van der Waals surface area contributed by atoms with Gasteiger partial charge < -0.3 is 15.8 Å². The number of anilines is 2. The number of aryl methyl sites for hydroxylation is 1. The molecule has 0 bridgehead atoms. The topological polar surface area (TPSA) is 60.2 Å². The van der Waals surface area contributed by atoms with E-state index in [2.05, 4.69) is 10.3 Å². The predicted octanol–water partition coefficient (Wildman–Crippen LogP) is 1.81. The highest BCUT2D eigenvalue weighted by molar-refractivity contribution is 5.61. The molecule has 15 heavy (non-hydrogen) atoms. The van der Waals surface area contributed by atoms with Gasteiger partial charge in [-0.05, 0) is 32.9 Å². The van der Waals surface area contributed by atoms with Gasteiger partial charge in [-0.15, -0.1) is 0 Å². The number of nitrogen functional groups attached to an aromatic ring is 1. The van der Waals surface area contributed by atoms with Crippen LogP contribution in [0, 0.1) is 6.92 Å². The monoisotopic (exact) mass is 209 g/mol. The molecule has 1 heterocycles. The van der Waals surface area contributed by atoms with Gasteiger partial charge in [0.2, 0.25) is 0 Å². The highest BCUT2D eigenvalue weighted by atomic mass is 16.5. The average molecular weight is 209 g/mol. The van der Waals surface area contributed by atoms with Gasteiger partial charge in [0.25, 0.3) is 0 Å². The van der Waals surface area contributed by atoms with Crippen molar-refractivity contribution in [3.63, 3.8) is 0 Å². The summed E-state index contributed by atoms with van der Waals surface area (Å²) < 4.78 is 5.30. The number of nitrogens with zero attached hydrogens (tertiary/aromatic N) is 1. The van der Waals surface area contributed by atoms with Gasteiger partial charge in [-0.2, -0.15) is 0 Å². The fraction of sp³-hybridized carbons (Fsp3) is 0.545. The molecule has 0 saturated carbocycles. The summed E-state index contributed by atoms with van der Waals surface area (Å²) in [6, 6.07) is 3.74. The van der Waals surface area contributed by atoms with Crippen molar-refractivity contribution in [2.45, 2.75) is 26.4 Å². The lowest BCUT2D eigenvalue weighted by atomic mass is 10.1. The van der Waals surface area contributed by atoms with Crippen molar-refractivity contribution < 1.29 is 4.74 Å². The van der Waals surface area contributed by atoms with Gasteiger partial charge >= 0.3 is 0 Å². The number of nitrogens with one attached hydrogen (secondary N) is 1. The SMILES string of the molecule is COC(C)(C)CNc1nc(C)ccc1N. The molecule has 0 radical (unpaired) electrons. The van der Waals surface area contributed by atoms with E-state index in [1.54, 1.807) is 7.11 Å². The minimum absolute atomic E-state index is 0.224. The van der Waals surface area contributed by atoms with Gasteiger partial charge in [0, 0.05) is 19.3 Å². The lowest BCUT2D eigenvalue weighted by Gasteiger charge is -2.23. The van der Waals surface area contributed by atoms with Crippen LogP contribution < -0.4 is 11.1 Å². The summed E-state index contributed by atoms with van der Waals surface area (Å²) >= 11 is 0. The molecule has 0 saturated heterocycles. The van der Waals surface area contributed by atoms with Crippen molar-refractivity contribution >= 4 is 11.5 Å². The van der Waals surface area contributed by atoms with E-state index in [9.17, 15) is 0 Å². The second-order valence-electron chi connectivity index (χ2n) is 4.21. The fourth-order valence-electron chi connectivity index (χ4n) is 1.08. The van der Waals surface area contributed by atoms with E-state index in [1.807, 2.05) is 32.9 Å². The van der Waals surface area contributed by atoms with E-state index in [-0.39, 0.29) is 5.60 Å². The van der Waals surface area contributed by atoms with Crippen molar-refractivity contribution in [3.05, 3.63) is 17.8 Å². The normalized spacial score (nSPS) is 11.5. The lowest BCUT2D eigenvalue weighted by Crippen LogP contribution is -2.32. The van der Waals surface area contributed by atoms with E-state index in [0.29, 0.717) is 12.2 Å². The second-order valence-corrected chi connectivity index (χ2v) is 4.21. The molecule has 3 N–H and O–H groups in total. The van der Waals surface area contributed by atoms with Crippen LogP contribution in [0.2, 0.25) is 0 Å². The van der Waals surface area contributed by atoms with Crippen molar-refractivity contribution in [2.75, 3.05) is 24.7 Å². The van der Waals surface area contributed by atoms with Crippen molar-refractivity contribution in [1.82, 2.24) is 4.98 Å². The molecular weight excluding hydrogens is 190 g/mol. The highest BCUT2D eigenvalue weighted by Crippen LogP contribution is 2.17. The molecule has 4 nitrogen and oxygen atoms in total. The molecule has 0 aliphatic heterocycles. The largest absolute Gasteiger partial charge is 0.396 e. The van der Waals surface area contributed by atoms with Gasteiger partial charge in [-0.3, -0.25) is 0 Å². The number of hydrogen-bond acceptors (Lipinski definition) is 4. The Morgan fingerprint density at radius 1 is 1.47 bits per heavy atom. The maximum Gasteiger partial charge on any atom is 0.149 e. The van der Waals surface area contributed by atoms with Crippen LogP contribution >= 0.6 is 0 Å². The second kappa shape index (κ2) is 4.49. The zero-order valence-electron chi connectivity index (χ0n) is 9.79. The van der Waals surface area contributed by atoms with Gasteiger partial charge in [0.05, 0.1) is 11.3 Å². The number of ether oxygens (including phenoxy) is 1. The Morgan fingerprint density at radius 3 is 2.73 bits per heavy atom. The molecule has 0 aliphatic carbocycles. The predicted molar refractivity (Wildman–Crippen MR) is 63.0 cm³/mol. The van der Waals surface area contributed by atoms with Crippen LogP contribution in [-0.4, -0.2) is 24.2 Å². The third-order valence-corrected chi connectivity index (χ3v) is 2.30. The van der Waals surface area contributed by atoms with Gasteiger partial charge in [-0.1, -0.05) is 0 Å². The summed E-state index contributed by atoms with van der Waals surface area (Å²) in [6.45, 7) is 6.62. The molecule has 0 aliphatic rings. The first kappa shape index (κ1) is 11.8. The quantitative estimate of drug-likeness (QED) is 0.794. The van der Waals surface area contributed by atoms with Crippen LogP contribution in [0.4, 0.5) is 11.5 Å². The molecule has 0 atom stereocenters. The summed E-state index contributed by atoms with van der Waals surface area (Å²) in [5, 5.41) is 3.18. The van der Waals surface area contributed by atoms with E-state index in [4.69, 9.17) is 10.5 Å². The zero-order valence-corrected chi connectivity index (χ0v) is 9.79. The van der Waals surface area contributed by atoms with Crippen LogP contribution in [-0.2, 0) is 4.74 Å². The third kappa shape index (κ3) is 3.40. The summed E-state index contributed by atoms with van der Waals surface area (Å²) in [6.07, 6.45) is 0.